The van der Waals surface area contributed by atoms with E-state index in [1.165, 1.54) is 21.9 Å². The van der Waals surface area contributed by atoms with Crippen molar-refractivity contribution in [3.63, 3.8) is 0 Å². The number of carbonyl (C=O) groups excluding carboxylic acids is 3. The first kappa shape index (κ1) is 28.7. The molecular formula is C35H31FN4O4. The van der Waals surface area contributed by atoms with Gasteiger partial charge in [0, 0.05) is 20.0 Å². The lowest BCUT2D eigenvalue weighted by Crippen LogP contribution is -2.49. The number of carbonyl (C=O) groups is 3. The number of ether oxygens (including phenoxy) is 1. The van der Waals surface area contributed by atoms with Crippen LogP contribution in [-0.4, -0.2) is 47.3 Å². The van der Waals surface area contributed by atoms with E-state index in [0.29, 0.717) is 33.9 Å². The molecule has 0 saturated carbocycles. The molecule has 0 spiro atoms. The second kappa shape index (κ2) is 12.4. The number of urea groups is 1. The topological polar surface area (TPSA) is 91.0 Å². The Morgan fingerprint density at radius 3 is 2.34 bits per heavy atom. The van der Waals surface area contributed by atoms with Crippen LogP contribution in [0.2, 0.25) is 0 Å². The summed E-state index contributed by atoms with van der Waals surface area (Å²) < 4.78 is 19.8. The lowest BCUT2D eigenvalue weighted by atomic mass is 9.95. The largest absolute Gasteiger partial charge is 0.457 e. The molecule has 0 saturated heterocycles. The number of halogens is 1. The number of hydrogen-bond donors (Lipinski definition) is 2. The summed E-state index contributed by atoms with van der Waals surface area (Å²) in [6.07, 6.45) is 0.262. The van der Waals surface area contributed by atoms with Crippen molar-refractivity contribution in [2.24, 2.45) is 0 Å². The average molecular weight is 591 g/mol. The number of hydrogen-bond acceptors (Lipinski definition) is 4. The number of likely N-dealkylation sites (N-methyl/N-ethyl adjacent to an activating group) is 1. The molecule has 0 bridgehead atoms. The van der Waals surface area contributed by atoms with Crippen molar-refractivity contribution < 1.29 is 23.5 Å². The number of nitrogens with zero attached hydrogens (tertiary/aromatic N) is 2. The molecule has 8 nitrogen and oxygen atoms in total. The Balaban J connectivity index is 1.29. The normalized spacial score (nSPS) is 16.8. The van der Waals surface area contributed by atoms with Gasteiger partial charge < -0.3 is 20.3 Å². The van der Waals surface area contributed by atoms with E-state index < -0.39 is 17.9 Å². The van der Waals surface area contributed by atoms with E-state index in [1.807, 2.05) is 78.9 Å². The maximum absolute atomic E-state index is 14.2. The highest BCUT2D eigenvalue weighted by Gasteiger charge is 2.46. The van der Waals surface area contributed by atoms with Crippen molar-refractivity contribution in [2.75, 3.05) is 13.6 Å². The Morgan fingerprint density at radius 2 is 1.59 bits per heavy atom. The molecule has 44 heavy (non-hydrogen) atoms. The number of rotatable bonds is 9. The first-order valence-corrected chi connectivity index (χ1v) is 14.3. The van der Waals surface area contributed by atoms with E-state index in [0.717, 1.165) is 5.56 Å². The quantitative estimate of drug-likeness (QED) is 0.276. The van der Waals surface area contributed by atoms with Crippen LogP contribution in [0.25, 0.3) is 0 Å². The minimum atomic E-state index is -0.874. The molecule has 222 valence electrons. The number of nitrogens with one attached hydrogen (secondary N) is 2. The van der Waals surface area contributed by atoms with Gasteiger partial charge in [-0.2, -0.15) is 0 Å². The van der Waals surface area contributed by atoms with Gasteiger partial charge in [-0.25, -0.2) is 9.18 Å². The van der Waals surface area contributed by atoms with Crippen molar-refractivity contribution in [1.29, 1.82) is 0 Å². The number of amides is 4. The highest BCUT2D eigenvalue weighted by atomic mass is 19.1. The van der Waals surface area contributed by atoms with Gasteiger partial charge in [-0.15, -0.1) is 0 Å². The van der Waals surface area contributed by atoms with Crippen molar-refractivity contribution in [3.8, 4) is 11.5 Å². The van der Waals surface area contributed by atoms with Gasteiger partial charge in [-0.3, -0.25) is 14.5 Å². The average Bonchev–Trinajstić information content (AvgIpc) is 3.38. The van der Waals surface area contributed by atoms with Gasteiger partial charge in [0.25, 0.3) is 5.91 Å². The zero-order valence-electron chi connectivity index (χ0n) is 24.1. The summed E-state index contributed by atoms with van der Waals surface area (Å²) in [4.78, 5) is 44.0. The second-order valence-electron chi connectivity index (χ2n) is 10.8. The van der Waals surface area contributed by atoms with Crippen LogP contribution in [0.15, 0.2) is 120 Å². The van der Waals surface area contributed by atoms with E-state index in [9.17, 15) is 18.8 Å². The summed E-state index contributed by atoms with van der Waals surface area (Å²) in [6.45, 7) is 0.188. The molecule has 2 atom stereocenters. The van der Waals surface area contributed by atoms with E-state index in [2.05, 4.69) is 10.6 Å². The van der Waals surface area contributed by atoms with Crippen LogP contribution in [0, 0.1) is 5.82 Å². The first-order chi connectivity index (χ1) is 21.4. The van der Waals surface area contributed by atoms with Crippen molar-refractivity contribution >= 4 is 17.8 Å². The van der Waals surface area contributed by atoms with Gasteiger partial charge >= 0.3 is 6.03 Å². The molecule has 2 N–H and O–H groups in total. The molecule has 0 fully saturated rings. The third-order valence-corrected chi connectivity index (χ3v) is 7.87. The summed E-state index contributed by atoms with van der Waals surface area (Å²) in [6, 6.07) is 30.1. The van der Waals surface area contributed by atoms with Gasteiger partial charge in [-0.05, 0) is 53.1 Å². The maximum Gasteiger partial charge on any atom is 0.322 e. The predicted octanol–water partition coefficient (Wildman–Crippen LogP) is 5.34. The summed E-state index contributed by atoms with van der Waals surface area (Å²) >= 11 is 0. The number of benzene rings is 4. The van der Waals surface area contributed by atoms with Gasteiger partial charge in [0.05, 0.1) is 23.9 Å². The smallest absolute Gasteiger partial charge is 0.322 e. The highest BCUT2D eigenvalue weighted by molar-refractivity contribution is 6.03. The third-order valence-electron chi connectivity index (χ3n) is 7.87. The SMILES string of the molecule is CN1C(=O)N[C@H](c2cccc(Oc3ccccc3)c2)C2=C1CN([C@H](Cc1ccccc1)C(=O)NCc1cccc(F)c1)C2=O. The third kappa shape index (κ3) is 6.03. The van der Waals surface area contributed by atoms with E-state index in [-0.39, 0.29) is 37.4 Å². The molecule has 4 aromatic carbocycles. The van der Waals surface area contributed by atoms with Crippen LogP contribution in [0.5, 0.6) is 11.5 Å². The fourth-order valence-corrected chi connectivity index (χ4v) is 5.61. The minimum absolute atomic E-state index is 0.0830. The van der Waals surface area contributed by atoms with Gasteiger partial charge in [-0.1, -0.05) is 72.8 Å². The zero-order chi connectivity index (χ0) is 30.6. The van der Waals surface area contributed by atoms with Crippen LogP contribution in [0.4, 0.5) is 9.18 Å². The minimum Gasteiger partial charge on any atom is -0.457 e. The van der Waals surface area contributed by atoms with Crippen LogP contribution in [0.1, 0.15) is 22.7 Å². The summed E-state index contributed by atoms with van der Waals surface area (Å²) in [5.41, 5.74) is 3.10. The molecule has 2 aliphatic heterocycles. The molecule has 4 amide bonds. The lowest BCUT2D eigenvalue weighted by Gasteiger charge is -2.31. The molecule has 0 aliphatic carbocycles. The van der Waals surface area contributed by atoms with E-state index in [4.69, 9.17) is 4.74 Å². The number of para-hydroxylation sites is 1. The van der Waals surface area contributed by atoms with Crippen LogP contribution < -0.4 is 15.4 Å². The first-order valence-electron chi connectivity index (χ1n) is 14.3. The molecule has 0 radical (unpaired) electrons. The van der Waals surface area contributed by atoms with Crippen LogP contribution >= 0.6 is 0 Å². The molecular weight excluding hydrogens is 559 g/mol. The second-order valence-corrected chi connectivity index (χ2v) is 10.8. The molecule has 0 aromatic heterocycles. The summed E-state index contributed by atoms with van der Waals surface area (Å²) in [5, 5.41) is 5.84. The Kier molecular flexibility index (Phi) is 8.10. The lowest BCUT2D eigenvalue weighted by molar-refractivity contribution is -0.136. The Bertz CT molecular complexity index is 1730. The van der Waals surface area contributed by atoms with E-state index >= 15 is 0 Å². The Morgan fingerprint density at radius 1 is 0.909 bits per heavy atom. The van der Waals surface area contributed by atoms with Crippen molar-refractivity contribution in [2.45, 2.75) is 25.0 Å². The van der Waals surface area contributed by atoms with Crippen molar-refractivity contribution in [3.05, 3.63) is 143 Å². The van der Waals surface area contributed by atoms with Crippen molar-refractivity contribution in [1.82, 2.24) is 20.4 Å². The van der Waals surface area contributed by atoms with Gasteiger partial charge in [0.1, 0.15) is 23.4 Å². The Labute approximate surface area is 254 Å². The monoisotopic (exact) mass is 590 g/mol. The fraction of sp³-hybridized carbons (Fsp3) is 0.171. The molecule has 9 heteroatoms. The summed E-state index contributed by atoms with van der Waals surface area (Å²) in [7, 11) is 1.61. The molecule has 6 rings (SSSR count). The van der Waals surface area contributed by atoms with Gasteiger partial charge in [0.15, 0.2) is 0 Å². The molecule has 2 heterocycles. The molecule has 2 aliphatic rings. The van der Waals surface area contributed by atoms with Gasteiger partial charge in [0.2, 0.25) is 5.91 Å². The zero-order valence-corrected chi connectivity index (χ0v) is 24.1. The standard InChI is InChI=1S/C35H31FN4O4/c1-39-30-22-40(29(19-23-10-4-2-5-11-23)33(41)37-21-24-12-8-14-26(36)18-24)34(42)31(30)32(38-35(39)43)25-13-9-17-28(20-25)44-27-15-6-3-7-16-27/h2-18,20,29,32H,19,21-22H2,1H3,(H,37,41)(H,38,43)/t29-,32-/m1/s1. The highest BCUT2D eigenvalue weighted by Crippen LogP contribution is 2.38. The summed E-state index contributed by atoms with van der Waals surface area (Å²) in [5.74, 6) is 0.114. The molecule has 0 unspecified atom stereocenters. The van der Waals surface area contributed by atoms with E-state index in [1.54, 1.807) is 25.2 Å². The van der Waals surface area contributed by atoms with Crippen LogP contribution in [0.3, 0.4) is 0 Å². The van der Waals surface area contributed by atoms with Crippen LogP contribution in [-0.2, 0) is 22.6 Å². The maximum atomic E-state index is 14.2. The predicted molar refractivity (Wildman–Crippen MR) is 163 cm³/mol. The fourth-order valence-electron chi connectivity index (χ4n) is 5.61. The Hall–Kier alpha value is -5.44. The molecule has 4 aromatic rings.